The fraction of sp³-hybridized carbons (Fsp3) is 0.714. The molecule has 1 aliphatic carbocycles. The first-order valence-corrected chi connectivity index (χ1v) is 13.1. The SMILES string of the molecule is CC(C)(C)C1([Si](C)(C)N[Si](C)(C)C)C=CC=C1. The van der Waals surface area contributed by atoms with Crippen LogP contribution in [0.2, 0.25) is 37.8 Å². The lowest BCUT2D eigenvalue weighted by Crippen LogP contribution is -2.65. The molecule has 0 saturated heterocycles. The minimum Gasteiger partial charge on any atom is -0.359 e. The Morgan fingerprint density at radius 3 is 1.59 bits per heavy atom. The second kappa shape index (κ2) is 4.21. The summed E-state index contributed by atoms with van der Waals surface area (Å²) in [6.07, 6.45) is 9.33. The number of nitrogens with one attached hydrogen (secondary N) is 1. The van der Waals surface area contributed by atoms with E-state index < -0.39 is 16.5 Å². The van der Waals surface area contributed by atoms with Crippen molar-refractivity contribution in [1.82, 2.24) is 4.65 Å². The van der Waals surface area contributed by atoms with Gasteiger partial charge in [-0.15, -0.1) is 0 Å². The van der Waals surface area contributed by atoms with E-state index in [1.54, 1.807) is 0 Å². The number of rotatable bonds is 3. The van der Waals surface area contributed by atoms with Crippen molar-refractivity contribution in [1.29, 1.82) is 0 Å². The largest absolute Gasteiger partial charge is 0.359 e. The third kappa shape index (κ3) is 2.83. The molecule has 1 nitrogen and oxygen atoms in total. The molecule has 0 heterocycles. The van der Waals surface area contributed by atoms with E-state index in [0.717, 1.165) is 0 Å². The first-order chi connectivity index (χ1) is 7.41. The molecule has 0 fully saturated rings. The zero-order chi connectivity index (χ0) is 13.5. The van der Waals surface area contributed by atoms with Crippen LogP contribution in [-0.2, 0) is 0 Å². The van der Waals surface area contributed by atoms with E-state index in [4.69, 9.17) is 0 Å². The topological polar surface area (TPSA) is 12.0 Å². The predicted molar refractivity (Wildman–Crippen MR) is 84.4 cm³/mol. The van der Waals surface area contributed by atoms with Gasteiger partial charge in [-0.25, -0.2) is 0 Å². The highest BCUT2D eigenvalue weighted by atomic mass is 28.4. The highest BCUT2D eigenvalue weighted by Gasteiger charge is 2.52. The van der Waals surface area contributed by atoms with Gasteiger partial charge in [0.15, 0.2) is 0 Å². The molecule has 1 aliphatic rings. The highest BCUT2D eigenvalue weighted by Crippen LogP contribution is 2.56. The van der Waals surface area contributed by atoms with Gasteiger partial charge in [-0.3, -0.25) is 0 Å². The Hall–Kier alpha value is -0.126. The molecule has 0 saturated carbocycles. The quantitative estimate of drug-likeness (QED) is 0.741. The molecule has 0 aliphatic heterocycles. The maximum atomic E-state index is 4.06. The second-order valence-electron chi connectivity index (χ2n) is 7.84. The van der Waals surface area contributed by atoms with Gasteiger partial charge in [0, 0.05) is 5.04 Å². The maximum absolute atomic E-state index is 4.06. The minimum absolute atomic E-state index is 0.236. The first-order valence-electron chi connectivity index (χ1n) is 6.58. The molecule has 0 atom stereocenters. The summed E-state index contributed by atoms with van der Waals surface area (Å²) in [7, 11) is -2.80. The Morgan fingerprint density at radius 1 is 0.882 bits per heavy atom. The summed E-state index contributed by atoms with van der Waals surface area (Å²) in [6.45, 7) is 19.3. The van der Waals surface area contributed by atoms with Crippen molar-refractivity contribution in [2.75, 3.05) is 0 Å². The molecule has 0 aromatic carbocycles. The van der Waals surface area contributed by atoms with Gasteiger partial charge in [-0.1, -0.05) is 77.8 Å². The lowest BCUT2D eigenvalue weighted by molar-refractivity contribution is 0.347. The van der Waals surface area contributed by atoms with Crippen LogP contribution in [0.25, 0.3) is 0 Å². The van der Waals surface area contributed by atoms with Gasteiger partial charge in [-0.2, -0.15) is 0 Å². The van der Waals surface area contributed by atoms with Crippen molar-refractivity contribution >= 4 is 16.5 Å². The first kappa shape index (κ1) is 14.9. The van der Waals surface area contributed by atoms with Crippen molar-refractivity contribution in [3.8, 4) is 0 Å². The molecule has 0 radical (unpaired) electrons. The smallest absolute Gasteiger partial charge is 0.127 e. The maximum Gasteiger partial charge on any atom is 0.127 e. The van der Waals surface area contributed by atoms with Gasteiger partial charge in [0.05, 0.1) is 0 Å². The number of hydrogen-bond donors (Lipinski definition) is 1. The Labute approximate surface area is 110 Å². The predicted octanol–water partition coefficient (Wildman–Crippen LogP) is 4.53. The lowest BCUT2D eigenvalue weighted by atomic mass is 9.80. The van der Waals surface area contributed by atoms with Crippen LogP contribution in [0.15, 0.2) is 24.3 Å². The van der Waals surface area contributed by atoms with Gasteiger partial charge >= 0.3 is 0 Å². The molecule has 1 N–H and O–H groups in total. The van der Waals surface area contributed by atoms with Gasteiger partial charge in [0.25, 0.3) is 0 Å². The molecular weight excluding hydrogens is 238 g/mol. The summed E-state index contributed by atoms with van der Waals surface area (Å²) in [6, 6.07) is 0. The van der Waals surface area contributed by atoms with Crippen molar-refractivity contribution < 1.29 is 0 Å². The summed E-state index contributed by atoms with van der Waals surface area (Å²) in [5.41, 5.74) is 0.277. The molecule has 98 valence electrons. The summed E-state index contributed by atoms with van der Waals surface area (Å²) < 4.78 is 4.06. The fourth-order valence-corrected chi connectivity index (χ4v) is 14.6. The normalized spacial score (nSPS) is 20.0. The average molecular weight is 268 g/mol. The molecule has 17 heavy (non-hydrogen) atoms. The van der Waals surface area contributed by atoms with Crippen molar-refractivity contribution in [3.63, 3.8) is 0 Å². The molecule has 3 heteroatoms. The van der Waals surface area contributed by atoms with Crippen LogP contribution in [0.4, 0.5) is 0 Å². The van der Waals surface area contributed by atoms with Crippen LogP contribution in [0.3, 0.4) is 0 Å². The van der Waals surface area contributed by atoms with E-state index in [0.29, 0.717) is 0 Å². The van der Waals surface area contributed by atoms with E-state index in [1.165, 1.54) is 0 Å². The zero-order valence-corrected chi connectivity index (χ0v) is 14.8. The van der Waals surface area contributed by atoms with E-state index in [9.17, 15) is 0 Å². The molecule has 0 bridgehead atoms. The van der Waals surface area contributed by atoms with Crippen molar-refractivity contribution in [2.45, 2.75) is 58.5 Å². The molecule has 1 rings (SSSR count). The zero-order valence-electron chi connectivity index (χ0n) is 12.8. The Bertz CT molecular complexity index is 328. The van der Waals surface area contributed by atoms with Gasteiger partial charge in [0.1, 0.15) is 16.5 Å². The van der Waals surface area contributed by atoms with E-state index in [1.807, 2.05) is 0 Å². The van der Waals surface area contributed by atoms with Crippen LogP contribution in [0, 0.1) is 5.41 Å². The van der Waals surface area contributed by atoms with Gasteiger partial charge in [0.2, 0.25) is 0 Å². The van der Waals surface area contributed by atoms with Crippen LogP contribution in [0.1, 0.15) is 20.8 Å². The molecule has 0 aromatic heterocycles. The van der Waals surface area contributed by atoms with Gasteiger partial charge in [-0.05, 0) is 5.41 Å². The van der Waals surface area contributed by atoms with E-state index in [-0.39, 0.29) is 10.5 Å². The average Bonchev–Trinajstić information content (AvgIpc) is 2.44. The summed E-state index contributed by atoms with van der Waals surface area (Å²) >= 11 is 0. The molecule has 0 aromatic rings. The fourth-order valence-electron chi connectivity index (χ4n) is 3.37. The van der Waals surface area contributed by atoms with Crippen LogP contribution in [0.5, 0.6) is 0 Å². The molecular formula is C14H29NSi2. The number of allylic oxidation sites excluding steroid dienone is 4. The molecule has 0 spiro atoms. The second-order valence-corrected chi connectivity index (χ2v) is 17.4. The van der Waals surface area contributed by atoms with Crippen molar-refractivity contribution in [2.24, 2.45) is 5.41 Å². The highest BCUT2D eigenvalue weighted by molar-refractivity contribution is 6.92. The van der Waals surface area contributed by atoms with Crippen molar-refractivity contribution in [3.05, 3.63) is 24.3 Å². The lowest BCUT2D eigenvalue weighted by Gasteiger charge is -2.51. The summed E-state index contributed by atoms with van der Waals surface area (Å²) in [5.74, 6) is 0. The minimum atomic E-state index is -1.55. The monoisotopic (exact) mass is 267 g/mol. The van der Waals surface area contributed by atoms with Crippen LogP contribution >= 0.6 is 0 Å². The Balaban J connectivity index is 3.17. The van der Waals surface area contributed by atoms with Crippen LogP contribution < -0.4 is 4.65 Å². The molecule has 0 amide bonds. The summed E-state index contributed by atoms with van der Waals surface area (Å²) in [4.78, 5) is 0. The standard InChI is InChI=1S/C14H29NSi2/c1-13(2,3)14(11-9-10-12-14)17(7,8)15-16(4,5)6/h9-12,15H,1-8H3. The van der Waals surface area contributed by atoms with E-state index in [2.05, 4.69) is 82.5 Å². The third-order valence-corrected chi connectivity index (χ3v) is 12.4. The van der Waals surface area contributed by atoms with E-state index >= 15 is 0 Å². The summed E-state index contributed by atoms with van der Waals surface area (Å²) in [5, 5.41) is 0.236. The number of hydrogen-bond acceptors (Lipinski definition) is 1. The van der Waals surface area contributed by atoms with Gasteiger partial charge < -0.3 is 4.65 Å². The van der Waals surface area contributed by atoms with Crippen LogP contribution in [-0.4, -0.2) is 16.5 Å². The Kier molecular flexibility index (Phi) is 3.70. The third-order valence-electron chi connectivity index (χ3n) is 3.79. The Morgan fingerprint density at radius 2 is 1.29 bits per heavy atom. The molecule has 0 unspecified atom stereocenters.